The van der Waals surface area contributed by atoms with Crippen LogP contribution in [0.25, 0.3) is 20.8 Å². The van der Waals surface area contributed by atoms with Gasteiger partial charge in [-0.15, -0.1) is 58.6 Å². The highest BCUT2D eigenvalue weighted by Crippen LogP contribution is 2.34. The summed E-state index contributed by atoms with van der Waals surface area (Å²) in [5, 5.41) is 19.2. The first-order valence-corrected chi connectivity index (χ1v) is 12.9. The van der Waals surface area contributed by atoms with Crippen molar-refractivity contribution < 1.29 is 5.11 Å². The lowest BCUT2D eigenvalue weighted by molar-refractivity contribution is 0.475. The van der Waals surface area contributed by atoms with Gasteiger partial charge in [-0.3, -0.25) is 0 Å². The Morgan fingerprint density at radius 1 is 0.871 bits per heavy atom. The van der Waals surface area contributed by atoms with Crippen molar-refractivity contribution in [3.05, 3.63) is 71.3 Å². The Balaban J connectivity index is 0.000000628. The summed E-state index contributed by atoms with van der Waals surface area (Å²) >= 11 is 11.0. The van der Waals surface area contributed by atoms with Crippen LogP contribution in [0.3, 0.4) is 0 Å². The van der Waals surface area contributed by atoms with Crippen molar-refractivity contribution in [1.82, 2.24) is 4.98 Å². The lowest BCUT2D eigenvalue weighted by atomic mass is 10.1. The first-order valence-electron chi connectivity index (χ1n) is 9.35. The fraction of sp³-hybridized carbons (Fsp3) is 0.136. The fourth-order valence-corrected chi connectivity index (χ4v) is 4.11. The molecule has 0 aliphatic carbocycles. The van der Waals surface area contributed by atoms with Crippen LogP contribution < -0.4 is 0 Å². The Hall–Kier alpha value is -1.55. The van der Waals surface area contributed by atoms with Gasteiger partial charge in [0.15, 0.2) is 0 Å². The topological polar surface area (TPSA) is 57.8 Å². The number of phenolic OH excluding ortho intramolecular Hbond substituents is 1. The van der Waals surface area contributed by atoms with Crippen molar-refractivity contribution >= 4 is 83.4 Å². The number of fused-ring (bicyclic) bond motifs is 1. The number of hydrogen-bond acceptors (Lipinski definition) is 5. The van der Waals surface area contributed by atoms with Crippen LogP contribution in [0.1, 0.15) is 16.7 Å². The van der Waals surface area contributed by atoms with Gasteiger partial charge in [-0.25, -0.2) is 4.98 Å². The van der Waals surface area contributed by atoms with Gasteiger partial charge in [-0.05, 0) is 86.0 Å². The Morgan fingerprint density at radius 3 is 2.29 bits per heavy atom. The summed E-state index contributed by atoms with van der Waals surface area (Å²) < 4.78 is 1.48. The number of benzene rings is 3. The maximum Gasteiger partial charge on any atom is 0.369 e. The monoisotopic (exact) mass is 621 g/mol. The predicted octanol–water partition coefficient (Wildman–Crippen LogP) is 9.17. The molecule has 1 aromatic heterocycles. The number of thiazole rings is 1. The van der Waals surface area contributed by atoms with Crippen LogP contribution in [0.5, 0.6) is 5.75 Å². The number of rotatable bonds is 3. The van der Waals surface area contributed by atoms with E-state index in [1.165, 1.54) is 10.3 Å². The molecule has 0 unspecified atom stereocenters. The zero-order valence-electron chi connectivity index (χ0n) is 17.1. The third kappa shape index (κ3) is 6.72. The van der Waals surface area contributed by atoms with E-state index in [2.05, 4.69) is 95.6 Å². The SMILES string of the molecule is BrB(Br)Br.Cc1ccc2nc(-c3ccc(N=Nc4ccc(O)cc4C)cc3C)sc2c1. The Kier molecular flexibility index (Phi) is 8.44. The van der Waals surface area contributed by atoms with Crippen molar-refractivity contribution in [3.8, 4) is 16.3 Å². The summed E-state index contributed by atoms with van der Waals surface area (Å²) in [6, 6.07) is 17.4. The minimum absolute atomic E-state index is 0.234. The normalized spacial score (nSPS) is 10.9. The molecule has 0 aliphatic heterocycles. The third-order valence-electron chi connectivity index (χ3n) is 4.44. The van der Waals surface area contributed by atoms with E-state index < -0.39 is 0 Å². The van der Waals surface area contributed by atoms with Crippen molar-refractivity contribution in [2.45, 2.75) is 20.8 Å². The van der Waals surface area contributed by atoms with Crippen LogP contribution in [0.2, 0.25) is 0 Å². The molecule has 3 aromatic carbocycles. The zero-order chi connectivity index (χ0) is 22.5. The molecule has 0 spiro atoms. The predicted molar refractivity (Wildman–Crippen MR) is 144 cm³/mol. The minimum Gasteiger partial charge on any atom is -0.508 e. The second kappa shape index (κ2) is 10.9. The first kappa shape index (κ1) is 24.1. The van der Waals surface area contributed by atoms with Crippen LogP contribution in [0.15, 0.2) is 64.8 Å². The summed E-state index contributed by atoms with van der Waals surface area (Å²) in [5.74, 6) is 0.234. The number of hydrogen-bond donors (Lipinski definition) is 1. The van der Waals surface area contributed by atoms with Crippen molar-refractivity contribution in [3.63, 3.8) is 0 Å². The second-order valence-electron chi connectivity index (χ2n) is 6.91. The molecule has 0 radical (unpaired) electrons. The third-order valence-corrected chi connectivity index (χ3v) is 5.49. The molecule has 1 heterocycles. The number of azo groups is 1. The van der Waals surface area contributed by atoms with Gasteiger partial charge in [0.1, 0.15) is 10.8 Å². The quantitative estimate of drug-likeness (QED) is 0.183. The molecule has 4 nitrogen and oxygen atoms in total. The van der Waals surface area contributed by atoms with E-state index in [1.807, 2.05) is 19.1 Å². The van der Waals surface area contributed by atoms with Gasteiger partial charge in [0.25, 0.3) is 0 Å². The van der Waals surface area contributed by atoms with Crippen LogP contribution >= 0.6 is 58.6 Å². The molecule has 0 fully saturated rings. The molecule has 31 heavy (non-hydrogen) atoms. The molecular formula is C22H19BBr3N3OS. The average molecular weight is 624 g/mol. The van der Waals surface area contributed by atoms with E-state index in [1.54, 1.807) is 29.5 Å². The Bertz CT molecular complexity index is 1240. The van der Waals surface area contributed by atoms with E-state index in [-0.39, 0.29) is 8.93 Å². The van der Waals surface area contributed by atoms with Gasteiger partial charge in [0.2, 0.25) is 0 Å². The number of phenols is 1. The highest BCUT2D eigenvalue weighted by molar-refractivity contribution is 9.69. The molecule has 0 saturated heterocycles. The van der Waals surface area contributed by atoms with E-state index in [0.29, 0.717) is 0 Å². The molecule has 4 rings (SSSR count). The zero-order valence-corrected chi connectivity index (χ0v) is 22.7. The standard InChI is InChI=1S/C22H19N3OS.BBr3/c1-13-4-8-20-21(10-13)27-22(23-20)18-7-5-16(11-14(18)2)24-25-19-9-6-17(26)12-15(19)3;2-1(3)4/h4-12,26H,1-3H3;. The smallest absolute Gasteiger partial charge is 0.369 e. The highest BCUT2D eigenvalue weighted by atomic mass is 79.9. The summed E-state index contributed by atoms with van der Waals surface area (Å²) in [6.45, 7) is 6.06. The van der Waals surface area contributed by atoms with Gasteiger partial charge in [0.05, 0.1) is 21.6 Å². The van der Waals surface area contributed by atoms with Gasteiger partial charge >= 0.3 is 3.18 Å². The maximum absolute atomic E-state index is 9.49. The van der Waals surface area contributed by atoms with Gasteiger partial charge in [-0.2, -0.15) is 10.2 Å². The lowest BCUT2D eigenvalue weighted by Crippen LogP contribution is -1.81. The molecular weight excluding hydrogens is 605 g/mol. The van der Waals surface area contributed by atoms with E-state index in [0.717, 1.165) is 38.6 Å². The van der Waals surface area contributed by atoms with Gasteiger partial charge < -0.3 is 5.11 Å². The highest BCUT2D eigenvalue weighted by Gasteiger charge is 2.09. The van der Waals surface area contributed by atoms with E-state index in [4.69, 9.17) is 4.98 Å². The molecule has 158 valence electrons. The molecule has 0 atom stereocenters. The molecule has 4 aromatic rings. The Labute approximate surface area is 210 Å². The number of aromatic hydroxyl groups is 1. The molecule has 0 saturated carbocycles. The van der Waals surface area contributed by atoms with E-state index in [9.17, 15) is 5.11 Å². The molecule has 0 bridgehead atoms. The van der Waals surface area contributed by atoms with Crippen molar-refractivity contribution in [2.24, 2.45) is 10.2 Å². The minimum atomic E-state index is 0.234. The number of halogens is 3. The van der Waals surface area contributed by atoms with Gasteiger partial charge in [0, 0.05) is 5.56 Å². The maximum atomic E-state index is 9.49. The van der Waals surface area contributed by atoms with Crippen LogP contribution in [0.4, 0.5) is 11.4 Å². The van der Waals surface area contributed by atoms with E-state index >= 15 is 0 Å². The number of nitrogens with zero attached hydrogens (tertiary/aromatic N) is 3. The molecule has 0 aliphatic rings. The van der Waals surface area contributed by atoms with Crippen LogP contribution in [-0.4, -0.2) is 13.3 Å². The van der Waals surface area contributed by atoms with Crippen molar-refractivity contribution in [1.29, 1.82) is 0 Å². The number of aryl methyl sites for hydroxylation is 3. The second-order valence-corrected chi connectivity index (χ2v) is 14.4. The lowest BCUT2D eigenvalue weighted by Gasteiger charge is -2.03. The largest absolute Gasteiger partial charge is 0.508 e. The van der Waals surface area contributed by atoms with Gasteiger partial charge in [-0.1, -0.05) is 6.07 Å². The number of aromatic nitrogens is 1. The van der Waals surface area contributed by atoms with Crippen LogP contribution in [0, 0.1) is 20.8 Å². The molecule has 1 N–H and O–H groups in total. The van der Waals surface area contributed by atoms with Crippen molar-refractivity contribution in [2.75, 3.05) is 0 Å². The summed E-state index contributed by atoms with van der Waals surface area (Å²) in [5.41, 5.74) is 6.94. The molecule has 9 heteroatoms. The fourth-order valence-electron chi connectivity index (χ4n) is 2.96. The Morgan fingerprint density at radius 2 is 1.61 bits per heavy atom. The molecule has 0 amide bonds. The van der Waals surface area contributed by atoms with Crippen LogP contribution in [-0.2, 0) is 0 Å². The summed E-state index contributed by atoms with van der Waals surface area (Å²) in [4.78, 5) is 4.77. The summed E-state index contributed by atoms with van der Waals surface area (Å²) in [6.07, 6.45) is 0. The summed E-state index contributed by atoms with van der Waals surface area (Å²) in [7, 11) is 0. The average Bonchev–Trinajstić information content (AvgIpc) is 3.09. The first-order chi connectivity index (χ1) is 14.7.